The molecule has 1 aromatic rings. The van der Waals surface area contributed by atoms with Crippen LogP contribution in [0.3, 0.4) is 0 Å². The predicted octanol–water partition coefficient (Wildman–Crippen LogP) is 0.107. The number of nitrogens with zero attached hydrogens (tertiary/aromatic N) is 2. The van der Waals surface area contributed by atoms with Crippen molar-refractivity contribution in [2.45, 2.75) is 20.0 Å². The normalized spacial score (nSPS) is 15.8. The summed E-state index contributed by atoms with van der Waals surface area (Å²) >= 11 is 0. The van der Waals surface area contributed by atoms with E-state index in [0.29, 0.717) is 5.69 Å². The lowest BCUT2D eigenvalue weighted by Gasteiger charge is -2.14. The van der Waals surface area contributed by atoms with Crippen LogP contribution < -0.4 is 5.32 Å². The summed E-state index contributed by atoms with van der Waals surface area (Å²) in [7, 11) is 0. The van der Waals surface area contributed by atoms with E-state index in [-0.39, 0.29) is 0 Å². The molecule has 0 saturated carbocycles. The molecule has 12 heavy (non-hydrogen) atoms. The van der Waals surface area contributed by atoms with E-state index >= 15 is 0 Å². The van der Waals surface area contributed by atoms with Crippen molar-refractivity contribution < 1.29 is 4.79 Å². The molecule has 2 rings (SSSR count). The number of carbonyl (C=O) groups excluding carboxylic acids is 1. The van der Waals surface area contributed by atoms with Gasteiger partial charge in [-0.15, -0.1) is 0 Å². The average Bonchev–Trinajstić information content (AvgIpc) is 2.44. The molecule has 0 aromatic carbocycles. The van der Waals surface area contributed by atoms with Gasteiger partial charge in [0.05, 0.1) is 12.2 Å². The second kappa shape index (κ2) is 2.71. The number of aromatic nitrogens is 2. The van der Waals surface area contributed by atoms with Crippen LogP contribution in [0.1, 0.15) is 21.7 Å². The van der Waals surface area contributed by atoms with Gasteiger partial charge in [0, 0.05) is 18.7 Å². The number of carbonyl (C=O) groups is 1. The Morgan fingerprint density at radius 3 is 3.17 bits per heavy atom. The monoisotopic (exact) mass is 165 g/mol. The maximum atomic E-state index is 10.5. The summed E-state index contributed by atoms with van der Waals surface area (Å²) in [4.78, 5) is 10.5. The summed E-state index contributed by atoms with van der Waals surface area (Å²) in [6.45, 7) is 4.57. The van der Waals surface area contributed by atoms with Crippen molar-refractivity contribution in [2.75, 3.05) is 6.54 Å². The summed E-state index contributed by atoms with van der Waals surface area (Å²) in [5.74, 6) is 0. The fourth-order valence-electron chi connectivity index (χ4n) is 1.52. The van der Waals surface area contributed by atoms with E-state index in [0.717, 1.165) is 37.2 Å². The molecule has 1 N–H and O–H groups in total. The summed E-state index contributed by atoms with van der Waals surface area (Å²) in [5, 5.41) is 7.42. The minimum Gasteiger partial charge on any atom is -0.309 e. The number of rotatable bonds is 1. The van der Waals surface area contributed by atoms with E-state index in [4.69, 9.17) is 0 Å². The lowest BCUT2D eigenvalue weighted by molar-refractivity contribution is 0.111. The molecule has 0 radical (unpaired) electrons. The molecule has 1 aliphatic rings. The van der Waals surface area contributed by atoms with Crippen LogP contribution in [0.2, 0.25) is 0 Å². The molecular formula is C8H11N3O. The van der Waals surface area contributed by atoms with E-state index in [9.17, 15) is 4.79 Å². The van der Waals surface area contributed by atoms with E-state index < -0.39 is 0 Å². The third-order valence-electron chi connectivity index (χ3n) is 2.26. The van der Waals surface area contributed by atoms with Gasteiger partial charge in [-0.3, -0.25) is 9.48 Å². The second-order valence-electron chi connectivity index (χ2n) is 2.97. The van der Waals surface area contributed by atoms with Gasteiger partial charge in [-0.1, -0.05) is 0 Å². The minimum atomic E-state index is 0.578. The Hall–Kier alpha value is -1.16. The molecule has 4 nitrogen and oxygen atoms in total. The zero-order chi connectivity index (χ0) is 8.55. The maximum absolute atomic E-state index is 10.5. The average molecular weight is 165 g/mol. The number of hydrogen-bond donors (Lipinski definition) is 1. The second-order valence-corrected chi connectivity index (χ2v) is 2.97. The molecular weight excluding hydrogens is 154 g/mol. The van der Waals surface area contributed by atoms with Crippen molar-refractivity contribution in [2.24, 2.45) is 0 Å². The number of fused-ring (bicyclic) bond motifs is 1. The molecule has 0 fully saturated rings. The van der Waals surface area contributed by atoms with Gasteiger partial charge in [-0.05, 0) is 6.92 Å². The molecule has 2 heterocycles. The molecule has 0 atom stereocenters. The lowest BCUT2D eigenvalue weighted by Crippen LogP contribution is -2.28. The number of hydrogen-bond acceptors (Lipinski definition) is 3. The fraction of sp³-hybridized carbons (Fsp3) is 0.500. The molecule has 0 spiro atoms. The van der Waals surface area contributed by atoms with Crippen LogP contribution in [0.15, 0.2) is 0 Å². The Balaban J connectivity index is 2.51. The van der Waals surface area contributed by atoms with Gasteiger partial charge in [0.1, 0.15) is 5.69 Å². The van der Waals surface area contributed by atoms with E-state index in [1.54, 1.807) is 0 Å². The molecule has 0 aliphatic carbocycles. The van der Waals surface area contributed by atoms with Gasteiger partial charge in [0.15, 0.2) is 6.29 Å². The van der Waals surface area contributed by atoms with Crippen LogP contribution in [0.25, 0.3) is 0 Å². The van der Waals surface area contributed by atoms with Crippen LogP contribution in [0.5, 0.6) is 0 Å². The van der Waals surface area contributed by atoms with Crippen molar-refractivity contribution in [1.29, 1.82) is 0 Å². The van der Waals surface area contributed by atoms with Gasteiger partial charge in [0.25, 0.3) is 0 Å². The van der Waals surface area contributed by atoms with Crippen molar-refractivity contribution in [3.8, 4) is 0 Å². The molecule has 4 heteroatoms. The highest BCUT2D eigenvalue weighted by atomic mass is 16.1. The van der Waals surface area contributed by atoms with E-state index in [2.05, 4.69) is 10.4 Å². The van der Waals surface area contributed by atoms with Crippen molar-refractivity contribution >= 4 is 6.29 Å². The standard InChI is InChI=1S/C8H11N3O/c1-6-7(5-12)10-11-3-2-9-4-8(6)11/h5,9H,2-4H2,1H3. The summed E-state index contributed by atoms with van der Waals surface area (Å²) in [6.07, 6.45) is 0.820. The molecule has 1 aliphatic heterocycles. The van der Waals surface area contributed by atoms with Crippen molar-refractivity contribution in [3.05, 3.63) is 17.0 Å². The lowest BCUT2D eigenvalue weighted by atomic mass is 10.2. The Kier molecular flexibility index (Phi) is 1.69. The smallest absolute Gasteiger partial charge is 0.170 e. The van der Waals surface area contributed by atoms with Crippen LogP contribution in [-0.4, -0.2) is 22.6 Å². The topological polar surface area (TPSA) is 46.9 Å². The van der Waals surface area contributed by atoms with E-state index in [1.165, 1.54) is 0 Å². The van der Waals surface area contributed by atoms with Crippen LogP contribution in [-0.2, 0) is 13.1 Å². The predicted molar refractivity (Wildman–Crippen MR) is 44.1 cm³/mol. The quantitative estimate of drug-likeness (QED) is 0.601. The van der Waals surface area contributed by atoms with Crippen LogP contribution in [0, 0.1) is 6.92 Å². The summed E-state index contributed by atoms with van der Waals surface area (Å²) < 4.78 is 1.91. The Morgan fingerprint density at radius 2 is 2.50 bits per heavy atom. The zero-order valence-corrected chi connectivity index (χ0v) is 7.00. The largest absolute Gasteiger partial charge is 0.309 e. The van der Waals surface area contributed by atoms with Crippen molar-refractivity contribution in [3.63, 3.8) is 0 Å². The Morgan fingerprint density at radius 1 is 1.67 bits per heavy atom. The summed E-state index contributed by atoms with van der Waals surface area (Å²) in [6, 6.07) is 0. The first kappa shape index (κ1) is 7.49. The molecule has 64 valence electrons. The SMILES string of the molecule is Cc1c(C=O)nn2c1CNCC2. The number of aldehydes is 1. The highest BCUT2D eigenvalue weighted by Gasteiger charge is 2.15. The molecule has 0 amide bonds. The fourth-order valence-corrected chi connectivity index (χ4v) is 1.52. The first-order valence-corrected chi connectivity index (χ1v) is 4.05. The molecule has 0 bridgehead atoms. The minimum absolute atomic E-state index is 0.578. The molecule has 0 unspecified atom stereocenters. The van der Waals surface area contributed by atoms with Gasteiger partial charge in [-0.2, -0.15) is 5.10 Å². The van der Waals surface area contributed by atoms with Gasteiger partial charge < -0.3 is 5.32 Å². The van der Waals surface area contributed by atoms with Gasteiger partial charge in [-0.25, -0.2) is 0 Å². The first-order chi connectivity index (χ1) is 5.83. The third kappa shape index (κ3) is 0.956. The Labute approximate surface area is 70.6 Å². The summed E-state index contributed by atoms with van der Waals surface area (Å²) in [5.41, 5.74) is 2.73. The maximum Gasteiger partial charge on any atom is 0.170 e. The van der Waals surface area contributed by atoms with Crippen molar-refractivity contribution in [1.82, 2.24) is 15.1 Å². The Bertz CT molecular complexity index is 316. The first-order valence-electron chi connectivity index (χ1n) is 4.05. The van der Waals surface area contributed by atoms with Gasteiger partial charge in [0.2, 0.25) is 0 Å². The van der Waals surface area contributed by atoms with E-state index in [1.807, 2.05) is 11.6 Å². The van der Waals surface area contributed by atoms with Crippen LogP contribution in [0.4, 0.5) is 0 Å². The highest BCUT2D eigenvalue weighted by Crippen LogP contribution is 2.13. The number of nitrogens with one attached hydrogen (secondary N) is 1. The molecule has 1 aromatic heterocycles. The molecule has 0 saturated heterocycles. The van der Waals surface area contributed by atoms with Crippen LogP contribution >= 0.6 is 0 Å². The third-order valence-corrected chi connectivity index (χ3v) is 2.26. The van der Waals surface area contributed by atoms with Gasteiger partial charge >= 0.3 is 0 Å². The highest BCUT2D eigenvalue weighted by molar-refractivity contribution is 5.74. The zero-order valence-electron chi connectivity index (χ0n) is 7.00.